The Morgan fingerprint density at radius 3 is 1.39 bits per heavy atom. The van der Waals surface area contributed by atoms with Crippen LogP contribution in [0, 0.1) is 0 Å². The van der Waals surface area contributed by atoms with Crippen molar-refractivity contribution in [3.05, 3.63) is 0 Å². The minimum atomic E-state index is -0.701. The summed E-state index contributed by atoms with van der Waals surface area (Å²) in [5, 5.41) is 5.38. The van der Waals surface area contributed by atoms with E-state index >= 15 is 0 Å². The lowest BCUT2D eigenvalue weighted by molar-refractivity contribution is -0.151. The number of rotatable bonds is 21. The molecule has 2 N–H and O–H groups in total. The zero-order valence-electron chi connectivity index (χ0n) is 20.4. The number of carbonyl (C=O) groups excluding carboxylic acids is 3. The summed E-state index contributed by atoms with van der Waals surface area (Å²) in [6.07, 6.45) is 16.0. The first-order valence-corrected chi connectivity index (χ1v) is 12.8. The molecule has 0 radical (unpaired) electrons. The van der Waals surface area contributed by atoms with E-state index in [0.29, 0.717) is 19.5 Å². The molecule has 0 aromatic heterocycles. The van der Waals surface area contributed by atoms with E-state index in [1.165, 1.54) is 64.2 Å². The Morgan fingerprint density at radius 1 is 0.613 bits per heavy atom. The fourth-order valence-electron chi connectivity index (χ4n) is 3.64. The van der Waals surface area contributed by atoms with E-state index in [4.69, 9.17) is 4.74 Å². The van der Waals surface area contributed by atoms with Crippen LogP contribution < -0.4 is 10.6 Å². The van der Waals surface area contributed by atoms with Crippen LogP contribution in [-0.4, -0.2) is 37.0 Å². The summed E-state index contributed by atoms with van der Waals surface area (Å²) in [7, 11) is 0. The molecule has 6 heteroatoms. The second-order valence-corrected chi connectivity index (χ2v) is 8.42. The standard InChI is InChI=1S/C25H48N2O4/c1-4-7-8-9-10-11-12-13-14-15-16-17-18-19-25(30)31-22(20-23(28)26-5-2)21-24(29)27-6-3/h22H,4-21H2,1-3H3,(H,26,28)(H,27,29). The maximum absolute atomic E-state index is 12.1. The van der Waals surface area contributed by atoms with E-state index in [-0.39, 0.29) is 30.6 Å². The predicted octanol–water partition coefficient (Wildman–Crippen LogP) is 5.43. The van der Waals surface area contributed by atoms with Crippen molar-refractivity contribution in [2.45, 2.75) is 130 Å². The van der Waals surface area contributed by atoms with Gasteiger partial charge >= 0.3 is 5.97 Å². The Balaban J connectivity index is 3.84. The molecule has 0 aliphatic rings. The van der Waals surface area contributed by atoms with Crippen molar-refractivity contribution in [3.63, 3.8) is 0 Å². The van der Waals surface area contributed by atoms with Gasteiger partial charge in [0.05, 0.1) is 12.8 Å². The highest BCUT2D eigenvalue weighted by atomic mass is 16.5. The highest BCUT2D eigenvalue weighted by Crippen LogP contribution is 2.14. The molecule has 6 nitrogen and oxygen atoms in total. The molecule has 2 amide bonds. The van der Waals surface area contributed by atoms with Crippen LogP contribution in [0.4, 0.5) is 0 Å². The lowest BCUT2D eigenvalue weighted by Crippen LogP contribution is -2.34. The van der Waals surface area contributed by atoms with Gasteiger partial charge in [0, 0.05) is 19.5 Å². The van der Waals surface area contributed by atoms with Crippen LogP contribution in [0.1, 0.15) is 124 Å². The normalized spacial score (nSPS) is 10.8. The molecule has 31 heavy (non-hydrogen) atoms. The first-order chi connectivity index (χ1) is 15.0. The molecule has 0 saturated carbocycles. The minimum Gasteiger partial charge on any atom is -0.461 e. The van der Waals surface area contributed by atoms with Crippen LogP contribution in [0.3, 0.4) is 0 Å². The van der Waals surface area contributed by atoms with E-state index in [0.717, 1.165) is 19.3 Å². The molecule has 0 rings (SSSR count). The Morgan fingerprint density at radius 2 is 1.00 bits per heavy atom. The average molecular weight is 441 g/mol. The van der Waals surface area contributed by atoms with E-state index in [2.05, 4.69) is 17.6 Å². The minimum absolute atomic E-state index is 0.0231. The van der Waals surface area contributed by atoms with Crippen LogP contribution >= 0.6 is 0 Å². The van der Waals surface area contributed by atoms with E-state index in [9.17, 15) is 14.4 Å². The van der Waals surface area contributed by atoms with Gasteiger partial charge in [-0.3, -0.25) is 14.4 Å². The molecule has 0 unspecified atom stereocenters. The van der Waals surface area contributed by atoms with Crippen molar-refractivity contribution >= 4 is 17.8 Å². The number of carbonyl (C=O) groups is 3. The van der Waals surface area contributed by atoms with Crippen molar-refractivity contribution < 1.29 is 19.1 Å². The summed E-state index contributed by atoms with van der Waals surface area (Å²) in [4.78, 5) is 35.8. The lowest BCUT2D eigenvalue weighted by Gasteiger charge is -2.17. The summed E-state index contributed by atoms with van der Waals surface area (Å²) < 4.78 is 5.43. The second kappa shape index (κ2) is 21.6. The molecule has 0 saturated heterocycles. The van der Waals surface area contributed by atoms with Crippen LogP contribution in [0.15, 0.2) is 0 Å². The van der Waals surface area contributed by atoms with Crippen LogP contribution in [0.5, 0.6) is 0 Å². The van der Waals surface area contributed by atoms with Crippen molar-refractivity contribution in [3.8, 4) is 0 Å². The fourth-order valence-corrected chi connectivity index (χ4v) is 3.64. The molecule has 0 aromatic rings. The molecule has 0 bridgehead atoms. The molecule has 0 atom stereocenters. The lowest BCUT2D eigenvalue weighted by atomic mass is 10.0. The smallest absolute Gasteiger partial charge is 0.306 e. The van der Waals surface area contributed by atoms with Gasteiger partial charge in [0.15, 0.2) is 0 Å². The van der Waals surface area contributed by atoms with Gasteiger partial charge in [0.2, 0.25) is 11.8 Å². The van der Waals surface area contributed by atoms with Crippen molar-refractivity contribution in [1.29, 1.82) is 0 Å². The summed E-state index contributed by atoms with van der Waals surface area (Å²) in [6.45, 7) is 6.94. The molecule has 0 fully saturated rings. The topological polar surface area (TPSA) is 84.5 Å². The average Bonchev–Trinajstić information content (AvgIpc) is 2.71. The summed E-state index contributed by atoms with van der Waals surface area (Å²) in [6, 6.07) is 0. The van der Waals surface area contributed by atoms with E-state index in [1.54, 1.807) is 0 Å². The fraction of sp³-hybridized carbons (Fsp3) is 0.880. The first kappa shape index (κ1) is 29.4. The van der Waals surface area contributed by atoms with Crippen LogP contribution in [-0.2, 0) is 19.1 Å². The van der Waals surface area contributed by atoms with Crippen molar-refractivity contribution in [1.82, 2.24) is 10.6 Å². The van der Waals surface area contributed by atoms with Gasteiger partial charge < -0.3 is 15.4 Å². The number of hydrogen-bond acceptors (Lipinski definition) is 4. The van der Waals surface area contributed by atoms with Crippen LogP contribution in [0.25, 0.3) is 0 Å². The molecular weight excluding hydrogens is 392 g/mol. The maximum atomic E-state index is 12.1. The van der Waals surface area contributed by atoms with Crippen molar-refractivity contribution in [2.24, 2.45) is 0 Å². The quantitative estimate of drug-likeness (QED) is 0.184. The third-order valence-electron chi connectivity index (χ3n) is 5.36. The molecular formula is C25H48N2O4. The van der Waals surface area contributed by atoms with E-state index in [1.807, 2.05) is 13.8 Å². The number of nitrogens with one attached hydrogen (secondary N) is 2. The third kappa shape index (κ3) is 20.1. The van der Waals surface area contributed by atoms with Gasteiger partial charge in [-0.2, -0.15) is 0 Å². The maximum Gasteiger partial charge on any atom is 0.306 e. The monoisotopic (exact) mass is 440 g/mol. The Hall–Kier alpha value is -1.59. The van der Waals surface area contributed by atoms with Gasteiger partial charge in [-0.15, -0.1) is 0 Å². The van der Waals surface area contributed by atoms with Gasteiger partial charge in [-0.1, -0.05) is 84.0 Å². The molecule has 0 aliphatic carbocycles. The highest BCUT2D eigenvalue weighted by molar-refractivity contribution is 5.80. The number of ether oxygens (including phenoxy) is 1. The van der Waals surface area contributed by atoms with Gasteiger partial charge in [-0.25, -0.2) is 0 Å². The summed E-state index contributed by atoms with van der Waals surface area (Å²) in [5.41, 5.74) is 0. The van der Waals surface area contributed by atoms with Gasteiger partial charge in [-0.05, 0) is 20.3 Å². The third-order valence-corrected chi connectivity index (χ3v) is 5.36. The highest BCUT2D eigenvalue weighted by Gasteiger charge is 2.21. The predicted molar refractivity (Wildman–Crippen MR) is 127 cm³/mol. The molecule has 0 aliphatic heterocycles. The Kier molecular flexibility index (Phi) is 20.5. The van der Waals surface area contributed by atoms with Gasteiger partial charge in [0.1, 0.15) is 6.10 Å². The number of amides is 2. The zero-order chi connectivity index (χ0) is 23.2. The second-order valence-electron chi connectivity index (χ2n) is 8.42. The van der Waals surface area contributed by atoms with E-state index < -0.39 is 6.10 Å². The summed E-state index contributed by atoms with van der Waals surface area (Å²) in [5.74, 6) is -0.724. The molecule has 0 spiro atoms. The largest absolute Gasteiger partial charge is 0.461 e. The molecule has 0 aromatic carbocycles. The Bertz CT molecular complexity index is 448. The zero-order valence-corrected chi connectivity index (χ0v) is 20.4. The molecule has 0 heterocycles. The SMILES string of the molecule is CCCCCCCCCCCCCCCC(=O)OC(CC(=O)NCC)CC(=O)NCC. The van der Waals surface area contributed by atoms with Crippen molar-refractivity contribution in [2.75, 3.05) is 13.1 Å². The van der Waals surface area contributed by atoms with Crippen LogP contribution in [0.2, 0.25) is 0 Å². The summed E-state index contributed by atoms with van der Waals surface area (Å²) >= 11 is 0. The number of unbranched alkanes of at least 4 members (excludes halogenated alkanes) is 12. The van der Waals surface area contributed by atoms with Gasteiger partial charge in [0.25, 0.3) is 0 Å². The number of esters is 1. The number of hydrogen-bond donors (Lipinski definition) is 2. The molecule has 182 valence electrons. The Labute approximate surface area is 190 Å². The first-order valence-electron chi connectivity index (χ1n) is 12.8.